The molecule has 1 aliphatic rings. The summed E-state index contributed by atoms with van der Waals surface area (Å²) in [6.45, 7) is 2.01. The van der Waals surface area contributed by atoms with Crippen LogP contribution in [0.5, 0.6) is 0 Å². The Morgan fingerprint density at radius 2 is 1.70 bits per heavy atom. The molecule has 2 N–H and O–H groups in total. The van der Waals surface area contributed by atoms with Crippen LogP contribution in [0.15, 0.2) is 53.4 Å². The van der Waals surface area contributed by atoms with Crippen molar-refractivity contribution in [2.24, 2.45) is 0 Å². The van der Waals surface area contributed by atoms with Crippen LogP contribution in [0.3, 0.4) is 0 Å². The number of hydrogen-bond acceptors (Lipinski definition) is 4. The molecule has 122 valence electrons. The summed E-state index contributed by atoms with van der Waals surface area (Å²) in [7, 11) is -3.75. The number of hydrogen-bond donors (Lipinski definition) is 2. The molecular weight excluding hydrogens is 314 g/mol. The highest BCUT2D eigenvalue weighted by atomic mass is 32.2. The van der Waals surface area contributed by atoms with E-state index in [0.717, 1.165) is 5.56 Å². The van der Waals surface area contributed by atoms with Crippen LogP contribution in [0, 0.1) is 6.92 Å². The lowest BCUT2D eigenvalue weighted by molar-refractivity contribution is 0.0177. The average molecular weight is 333 g/mol. The molecule has 6 heteroatoms. The summed E-state index contributed by atoms with van der Waals surface area (Å²) in [6, 6.07) is 13.4. The molecule has 0 aliphatic carbocycles. The maximum atomic E-state index is 13.0. The number of benzene rings is 2. The Morgan fingerprint density at radius 1 is 1.04 bits per heavy atom. The topological polar surface area (TPSA) is 77.8 Å². The van der Waals surface area contributed by atoms with Crippen LogP contribution in [-0.4, -0.2) is 31.3 Å². The molecule has 0 bridgehead atoms. The van der Waals surface area contributed by atoms with Crippen LogP contribution in [0.25, 0.3) is 0 Å². The van der Waals surface area contributed by atoms with Crippen LogP contribution in [0.1, 0.15) is 23.7 Å². The van der Waals surface area contributed by atoms with Crippen LogP contribution in [0.2, 0.25) is 0 Å². The van der Waals surface area contributed by atoms with Gasteiger partial charge in [0.15, 0.2) is 0 Å². The molecule has 2 aromatic rings. The molecule has 0 saturated carbocycles. The fourth-order valence-corrected chi connectivity index (χ4v) is 4.29. The molecule has 3 rings (SSSR count). The molecule has 5 nitrogen and oxygen atoms in total. The quantitative estimate of drug-likeness (QED) is 0.881. The fraction of sp³-hybridized carbons (Fsp3) is 0.294. The Bertz CT molecular complexity index is 802. The molecule has 2 aromatic carbocycles. The van der Waals surface area contributed by atoms with E-state index in [4.69, 9.17) is 0 Å². The maximum Gasteiger partial charge on any atom is 0.264 e. The van der Waals surface area contributed by atoms with E-state index in [1.54, 1.807) is 48.5 Å². The summed E-state index contributed by atoms with van der Waals surface area (Å²) in [4.78, 5) is 0.198. The number of nitrogens with zero attached hydrogens (tertiary/aromatic N) is 1. The molecule has 2 atom stereocenters. The first-order valence-corrected chi connectivity index (χ1v) is 8.90. The maximum absolute atomic E-state index is 13.0. The molecule has 23 heavy (non-hydrogen) atoms. The Hall–Kier alpha value is -1.89. The first kappa shape index (κ1) is 16.0. The predicted molar refractivity (Wildman–Crippen MR) is 87.7 cm³/mol. The number of sulfonamides is 1. The van der Waals surface area contributed by atoms with Crippen LogP contribution in [-0.2, 0) is 10.0 Å². The Morgan fingerprint density at radius 3 is 2.39 bits per heavy atom. The highest BCUT2D eigenvalue weighted by Crippen LogP contribution is 2.36. The Kier molecular flexibility index (Phi) is 4.14. The number of rotatable bonds is 2. The van der Waals surface area contributed by atoms with Crippen LogP contribution < -0.4 is 4.31 Å². The smallest absolute Gasteiger partial charge is 0.264 e. The highest BCUT2D eigenvalue weighted by Gasteiger charge is 2.33. The number of para-hydroxylation sites is 1. The summed E-state index contributed by atoms with van der Waals surface area (Å²) < 4.78 is 27.3. The highest BCUT2D eigenvalue weighted by molar-refractivity contribution is 7.92. The summed E-state index contributed by atoms with van der Waals surface area (Å²) in [5, 5.41) is 20.3. The van der Waals surface area contributed by atoms with Crippen molar-refractivity contribution < 1.29 is 18.6 Å². The van der Waals surface area contributed by atoms with E-state index in [2.05, 4.69) is 0 Å². The predicted octanol–water partition coefficient (Wildman–Crippen LogP) is 1.99. The van der Waals surface area contributed by atoms with Crippen molar-refractivity contribution in [3.8, 4) is 0 Å². The van der Waals surface area contributed by atoms with Crippen LogP contribution in [0.4, 0.5) is 5.69 Å². The van der Waals surface area contributed by atoms with Crippen molar-refractivity contribution in [3.05, 3.63) is 59.7 Å². The normalized spacial score (nSPS) is 21.6. The number of fused-ring (bicyclic) bond motifs is 1. The minimum atomic E-state index is -3.75. The number of aliphatic hydroxyl groups excluding tert-OH is 2. The monoisotopic (exact) mass is 333 g/mol. The minimum Gasteiger partial charge on any atom is -0.390 e. The van der Waals surface area contributed by atoms with E-state index in [0.29, 0.717) is 11.3 Å². The van der Waals surface area contributed by atoms with Crippen molar-refractivity contribution in [2.75, 3.05) is 10.8 Å². The van der Waals surface area contributed by atoms with Crippen molar-refractivity contribution in [3.63, 3.8) is 0 Å². The van der Waals surface area contributed by atoms with E-state index in [1.165, 1.54) is 4.31 Å². The standard InChI is InChI=1S/C17H19NO4S/c1-12-6-8-13(9-7-12)23(21,22)18-11-10-16(19)17(20)14-4-2-3-5-15(14)18/h2-9,16-17,19-20H,10-11H2,1H3. The van der Waals surface area contributed by atoms with Gasteiger partial charge in [-0.3, -0.25) is 4.31 Å². The Balaban J connectivity index is 2.12. The van der Waals surface area contributed by atoms with Gasteiger partial charge in [-0.25, -0.2) is 8.42 Å². The molecule has 2 unspecified atom stereocenters. The first-order valence-electron chi connectivity index (χ1n) is 7.46. The molecule has 0 fully saturated rings. The van der Waals surface area contributed by atoms with Gasteiger partial charge >= 0.3 is 0 Å². The summed E-state index contributed by atoms with van der Waals surface area (Å²) in [5.74, 6) is 0. The van der Waals surface area contributed by atoms with Crippen LogP contribution >= 0.6 is 0 Å². The van der Waals surface area contributed by atoms with Gasteiger partial charge in [0.2, 0.25) is 0 Å². The second-order valence-corrected chi connectivity index (χ2v) is 7.61. The minimum absolute atomic E-state index is 0.117. The average Bonchev–Trinajstić information content (AvgIpc) is 2.66. The third kappa shape index (κ3) is 2.85. The number of aryl methyl sites for hydroxylation is 1. The second-order valence-electron chi connectivity index (χ2n) is 5.75. The molecule has 0 amide bonds. The van der Waals surface area contributed by atoms with Gasteiger partial charge in [0.1, 0.15) is 6.10 Å². The summed E-state index contributed by atoms with van der Waals surface area (Å²) in [6.07, 6.45) is -1.92. The largest absolute Gasteiger partial charge is 0.390 e. The summed E-state index contributed by atoms with van der Waals surface area (Å²) in [5.41, 5.74) is 1.82. The van der Waals surface area contributed by atoms with Gasteiger partial charge in [-0.1, -0.05) is 35.9 Å². The second kappa shape index (κ2) is 5.96. The summed E-state index contributed by atoms with van der Waals surface area (Å²) >= 11 is 0. The fourth-order valence-electron chi connectivity index (χ4n) is 2.79. The van der Waals surface area contributed by atoms with Gasteiger partial charge in [-0.15, -0.1) is 0 Å². The van der Waals surface area contributed by atoms with E-state index in [-0.39, 0.29) is 17.9 Å². The van der Waals surface area contributed by atoms with Gasteiger partial charge in [0, 0.05) is 12.1 Å². The molecule has 0 aromatic heterocycles. The van der Waals surface area contributed by atoms with E-state index < -0.39 is 22.2 Å². The van der Waals surface area contributed by atoms with Crippen molar-refractivity contribution in [2.45, 2.75) is 30.4 Å². The van der Waals surface area contributed by atoms with E-state index in [1.807, 2.05) is 6.92 Å². The molecule has 1 aliphatic heterocycles. The van der Waals surface area contributed by atoms with Crippen molar-refractivity contribution in [1.29, 1.82) is 0 Å². The van der Waals surface area contributed by atoms with Gasteiger partial charge in [-0.2, -0.15) is 0 Å². The zero-order chi connectivity index (χ0) is 16.6. The third-order valence-corrected chi connectivity index (χ3v) is 5.95. The molecule has 0 saturated heterocycles. The molecule has 0 spiro atoms. The zero-order valence-corrected chi connectivity index (χ0v) is 13.6. The van der Waals surface area contributed by atoms with Crippen molar-refractivity contribution in [1.82, 2.24) is 0 Å². The first-order chi connectivity index (χ1) is 10.9. The molecule has 0 radical (unpaired) electrons. The van der Waals surface area contributed by atoms with Gasteiger partial charge < -0.3 is 10.2 Å². The number of aliphatic hydroxyl groups is 2. The van der Waals surface area contributed by atoms with Crippen molar-refractivity contribution >= 4 is 15.7 Å². The molecule has 1 heterocycles. The zero-order valence-electron chi connectivity index (χ0n) is 12.8. The lowest BCUT2D eigenvalue weighted by Crippen LogP contribution is -2.32. The van der Waals surface area contributed by atoms with Gasteiger partial charge in [-0.05, 0) is 31.5 Å². The SMILES string of the molecule is Cc1ccc(S(=O)(=O)N2CCC(O)C(O)c3ccccc32)cc1. The van der Waals surface area contributed by atoms with E-state index >= 15 is 0 Å². The molecular formula is C17H19NO4S. The van der Waals surface area contributed by atoms with Gasteiger partial charge in [0.05, 0.1) is 16.7 Å². The van der Waals surface area contributed by atoms with E-state index in [9.17, 15) is 18.6 Å². The Labute approximate surface area is 135 Å². The number of anilines is 1. The lowest BCUT2D eigenvalue weighted by Gasteiger charge is -2.24. The third-order valence-electron chi connectivity index (χ3n) is 4.13. The van der Waals surface area contributed by atoms with Gasteiger partial charge in [0.25, 0.3) is 10.0 Å². The lowest BCUT2D eigenvalue weighted by atomic mass is 10.0.